The number of nitrogens with one attached hydrogen (secondary N) is 1. The van der Waals surface area contributed by atoms with Crippen molar-refractivity contribution in [2.75, 3.05) is 30.0 Å². The number of hydrogen-bond donors (Lipinski definition) is 1. The standard InChI is InChI=1S/C22H26N2O4/c1-3-13-27-19-7-9-20(10-8-19)28-15-22(26)23-18-6-11-21-17(14-18)5-4-12-24(21)16(2)25/h6-11,14H,3-5,12-13,15H2,1-2H3,(H,23,26). The van der Waals surface area contributed by atoms with E-state index in [0.717, 1.165) is 42.8 Å². The zero-order valence-corrected chi connectivity index (χ0v) is 16.4. The van der Waals surface area contributed by atoms with Crippen molar-refractivity contribution in [2.45, 2.75) is 33.1 Å². The zero-order valence-electron chi connectivity index (χ0n) is 16.4. The van der Waals surface area contributed by atoms with Gasteiger partial charge in [0.15, 0.2) is 6.61 Å². The third-order valence-corrected chi connectivity index (χ3v) is 4.53. The number of ether oxygens (including phenoxy) is 2. The molecule has 0 radical (unpaired) electrons. The highest BCUT2D eigenvalue weighted by Crippen LogP contribution is 2.29. The summed E-state index contributed by atoms with van der Waals surface area (Å²) < 4.78 is 11.1. The van der Waals surface area contributed by atoms with E-state index in [-0.39, 0.29) is 18.4 Å². The van der Waals surface area contributed by atoms with Crippen LogP contribution in [0.15, 0.2) is 42.5 Å². The van der Waals surface area contributed by atoms with E-state index in [0.29, 0.717) is 18.0 Å². The topological polar surface area (TPSA) is 67.9 Å². The van der Waals surface area contributed by atoms with E-state index in [1.54, 1.807) is 24.0 Å². The number of hydrogen-bond acceptors (Lipinski definition) is 4. The predicted molar refractivity (Wildman–Crippen MR) is 109 cm³/mol. The van der Waals surface area contributed by atoms with Gasteiger partial charge in [-0.2, -0.15) is 0 Å². The molecule has 2 amide bonds. The Kier molecular flexibility index (Phi) is 6.53. The average molecular weight is 382 g/mol. The molecule has 1 aliphatic heterocycles. The number of carbonyl (C=O) groups excluding carboxylic acids is 2. The molecule has 2 aromatic rings. The van der Waals surface area contributed by atoms with Crippen LogP contribution in [-0.4, -0.2) is 31.6 Å². The highest BCUT2D eigenvalue weighted by molar-refractivity contribution is 5.95. The number of nitrogens with zero attached hydrogens (tertiary/aromatic N) is 1. The fraction of sp³-hybridized carbons (Fsp3) is 0.364. The molecule has 6 heteroatoms. The fourth-order valence-corrected chi connectivity index (χ4v) is 3.20. The van der Waals surface area contributed by atoms with Gasteiger partial charge >= 0.3 is 0 Å². The first-order chi connectivity index (χ1) is 13.6. The SMILES string of the molecule is CCCOc1ccc(OCC(=O)Nc2ccc3c(c2)CCCN3C(C)=O)cc1. The van der Waals surface area contributed by atoms with Gasteiger partial charge in [-0.15, -0.1) is 0 Å². The maximum absolute atomic E-state index is 12.2. The first-order valence-electron chi connectivity index (χ1n) is 9.63. The number of amides is 2. The van der Waals surface area contributed by atoms with Gasteiger partial charge in [0.2, 0.25) is 5.91 Å². The average Bonchev–Trinajstić information content (AvgIpc) is 2.70. The molecule has 1 heterocycles. The van der Waals surface area contributed by atoms with Gasteiger partial charge < -0.3 is 19.7 Å². The van der Waals surface area contributed by atoms with Crippen LogP contribution in [0.3, 0.4) is 0 Å². The summed E-state index contributed by atoms with van der Waals surface area (Å²) in [6, 6.07) is 12.9. The molecule has 0 aliphatic carbocycles. The molecule has 148 valence electrons. The van der Waals surface area contributed by atoms with Crippen LogP contribution in [0.2, 0.25) is 0 Å². The summed E-state index contributed by atoms with van der Waals surface area (Å²) in [5.41, 5.74) is 2.71. The van der Waals surface area contributed by atoms with E-state index >= 15 is 0 Å². The van der Waals surface area contributed by atoms with Gasteiger partial charge in [-0.1, -0.05) is 6.92 Å². The van der Waals surface area contributed by atoms with Crippen molar-refractivity contribution >= 4 is 23.2 Å². The molecule has 1 N–H and O–H groups in total. The Hall–Kier alpha value is -3.02. The maximum atomic E-state index is 12.2. The molecule has 0 atom stereocenters. The first-order valence-corrected chi connectivity index (χ1v) is 9.63. The lowest BCUT2D eigenvalue weighted by atomic mass is 10.0. The second-order valence-electron chi connectivity index (χ2n) is 6.77. The van der Waals surface area contributed by atoms with E-state index in [9.17, 15) is 9.59 Å². The summed E-state index contributed by atoms with van der Waals surface area (Å²) >= 11 is 0. The highest BCUT2D eigenvalue weighted by atomic mass is 16.5. The summed E-state index contributed by atoms with van der Waals surface area (Å²) in [7, 11) is 0. The molecule has 0 spiro atoms. The molecule has 6 nitrogen and oxygen atoms in total. The molecule has 28 heavy (non-hydrogen) atoms. The number of benzene rings is 2. The second-order valence-corrected chi connectivity index (χ2v) is 6.77. The van der Waals surface area contributed by atoms with Crippen LogP contribution in [-0.2, 0) is 16.0 Å². The van der Waals surface area contributed by atoms with Gasteiger partial charge in [0.25, 0.3) is 5.91 Å². The van der Waals surface area contributed by atoms with Crippen LogP contribution in [0.1, 0.15) is 32.3 Å². The number of carbonyl (C=O) groups is 2. The molecular formula is C22H26N2O4. The lowest BCUT2D eigenvalue weighted by molar-refractivity contribution is -0.118. The fourth-order valence-electron chi connectivity index (χ4n) is 3.20. The number of fused-ring (bicyclic) bond motifs is 1. The van der Waals surface area contributed by atoms with Crippen LogP contribution in [0.5, 0.6) is 11.5 Å². The Bertz CT molecular complexity index is 833. The van der Waals surface area contributed by atoms with E-state index in [1.165, 1.54) is 0 Å². The summed E-state index contributed by atoms with van der Waals surface area (Å²) in [6.45, 7) is 4.96. The zero-order chi connectivity index (χ0) is 19.9. The van der Waals surface area contributed by atoms with Crippen LogP contribution in [0.25, 0.3) is 0 Å². The predicted octanol–water partition coefficient (Wildman–Crippen LogP) is 3.79. The Balaban J connectivity index is 1.54. The molecular weight excluding hydrogens is 356 g/mol. The van der Waals surface area contributed by atoms with E-state index in [4.69, 9.17) is 9.47 Å². The normalized spacial score (nSPS) is 12.9. The number of aryl methyl sites for hydroxylation is 1. The van der Waals surface area contributed by atoms with Crippen molar-refractivity contribution in [2.24, 2.45) is 0 Å². The lowest BCUT2D eigenvalue weighted by Gasteiger charge is -2.29. The third-order valence-electron chi connectivity index (χ3n) is 4.53. The van der Waals surface area contributed by atoms with Crippen molar-refractivity contribution in [3.05, 3.63) is 48.0 Å². The van der Waals surface area contributed by atoms with Gasteiger partial charge in [0.1, 0.15) is 11.5 Å². The largest absolute Gasteiger partial charge is 0.494 e. The molecule has 0 bridgehead atoms. The molecule has 0 saturated heterocycles. The third kappa shape index (κ3) is 5.03. The van der Waals surface area contributed by atoms with Crippen LogP contribution in [0, 0.1) is 0 Å². The summed E-state index contributed by atoms with van der Waals surface area (Å²) in [6.07, 6.45) is 2.77. The van der Waals surface area contributed by atoms with Crippen LogP contribution < -0.4 is 19.7 Å². The van der Waals surface area contributed by atoms with Gasteiger partial charge in [0, 0.05) is 24.8 Å². The Morgan fingerprint density at radius 2 is 1.79 bits per heavy atom. The molecule has 2 aromatic carbocycles. The Morgan fingerprint density at radius 1 is 1.07 bits per heavy atom. The molecule has 1 aliphatic rings. The highest BCUT2D eigenvalue weighted by Gasteiger charge is 2.20. The van der Waals surface area contributed by atoms with Crippen LogP contribution >= 0.6 is 0 Å². The summed E-state index contributed by atoms with van der Waals surface area (Å²) in [5.74, 6) is 1.21. The summed E-state index contributed by atoms with van der Waals surface area (Å²) in [4.78, 5) is 25.7. The molecule has 0 aromatic heterocycles. The van der Waals surface area contributed by atoms with Gasteiger partial charge in [-0.05, 0) is 67.3 Å². The van der Waals surface area contributed by atoms with E-state index in [2.05, 4.69) is 12.2 Å². The van der Waals surface area contributed by atoms with Gasteiger partial charge in [0.05, 0.1) is 6.61 Å². The minimum atomic E-state index is -0.231. The van der Waals surface area contributed by atoms with E-state index in [1.807, 2.05) is 30.3 Å². The number of rotatable bonds is 7. The molecule has 0 saturated carbocycles. The van der Waals surface area contributed by atoms with Gasteiger partial charge in [-0.3, -0.25) is 9.59 Å². The Morgan fingerprint density at radius 3 is 2.46 bits per heavy atom. The Labute approximate surface area is 165 Å². The minimum Gasteiger partial charge on any atom is -0.494 e. The lowest BCUT2D eigenvalue weighted by Crippen LogP contribution is -2.33. The second kappa shape index (κ2) is 9.26. The van der Waals surface area contributed by atoms with Crippen molar-refractivity contribution < 1.29 is 19.1 Å². The maximum Gasteiger partial charge on any atom is 0.262 e. The van der Waals surface area contributed by atoms with Crippen LogP contribution in [0.4, 0.5) is 11.4 Å². The van der Waals surface area contributed by atoms with Gasteiger partial charge in [-0.25, -0.2) is 0 Å². The van der Waals surface area contributed by atoms with Crippen molar-refractivity contribution in [3.8, 4) is 11.5 Å². The minimum absolute atomic E-state index is 0.0391. The molecule has 0 fully saturated rings. The summed E-state index contributed by atoms with van der Waals surface area (Å²) in [5, 5.41) is 2.85. The van der Waals surface area contributed by atoms with Crippen molar-refractivity contribution in [3.63, 3.8) is 0 Å². The smallest absolute Gasteiger partial charge is 0.262 e. The first kappa shape index (κ1) is 19.7. The molecule has 0 unspecified atom stereocenters. The quantitative estimate of drug-likeness (QED) is 0.791. The monoisotopic (exact) mass is 382 g/mol. The van der Waals surface area contributed by atoms with Crippen molar-refractivity contribution in [1.29, 1.82) is 0 Å². The number of anilines is 2. The molecule has 3 rings (SSSR count). The van der Waals surface area contributed by atoms with E-state index < -0.39 is 0 Å². The van der Waals surface area contributed by atoms with Crippen molar-refractivity contribution in [1.82, 2.24) is 0 Å².